The summed E-state index contributed by atoms with van der Waals surface area (Å²) in [7, 11) is 0. The van der Waals surface area contributed by atoms with Crippen molar-refractivity contribution in [2.45, 2.75) is 4.90 Å². The largest absolute Gasteiger partial charge is 0.399 e. The molecule has 0 saturated carbocycles. The molecule has 9 nitrogen and oxygen atoms in total. The van der Waals surface area contributed by atoms with Crippen LogP contribution >= 0.6 is 24.1 Å². The standard InChI is InChI=1S/C16H14N6O3S2/c17-9-13-4-6-14(7-5-13)22(21-10-19-20-11-21)12-26-16-3-1-2-15(8-16)23-27-25-24-18/h1-8,10-11H,12,18H2. The highest BCUT2D eigenvalue weighted by atomic mass is 32.2. The number of rotatable bonds is 9. The Hall–Kier alpha value is -2.75. The van der Waals surface area contributed by atoms with E-state index in [1.165, 1.54) is 0 Å². The average Bonchev–Trinajstić information content (AvgIpc) is 3.24. The number of hydrogen-bond donors (Lipinski definition) is 1. The molecule has 27 heavy (non-hydrogen) atoms. The molecule has 2 N–H and O–H groups in total. The van der Waals surface area contributed by atoms with Crippen molar-refractivity contribution in [2.24, 2.45) is 5.90 Å². The van der Waals surface area contributed by atoms with Gasteiger partial charge in [0.1, 0.15) is 18.4 Å². The minimum atomic E-state index is 0.572. The minimum Gasteiger partial charge on any atom is -0.399 e. The van der Waals surface area contributed by atoms with E-state index in [9.17, 15) is 0 Å². The summed E-state index contributed by atoms with van der Waals surface area (Å²) in [5.41, 5.74) is 1.50. The maximum atomic E-state index is 8.98. The first kappa shape index (κ1) is 19.0. The lowest BCUT2D eigenvalue weighted by Crippen LogP contribution is -2.27. The Morgan fingerprint density at radius 2 is 1.93 bits per heavy atom. The van der Waals surface area contributed by atoms with Gasteiger partial charge >= 0.3 is 0 Å². The van der Waals surface area contributed by atoms with E-state index in [4.69, 9.17) is 15.3 Å². The summed E-state index contributed by atoms with van der Waals surface area (Å²) in [6.07, 6.45) is 3.22. The molecular weight excluding hydrogens is 388 g/mol. The van der Waals surface area contributed by atoms with Gasteiger partial charge in [0, 0.05) is 4.90 Å². The monoisotopic (exact) mass is 402 g/mol. The van der Waals surface area contributed by atoms with E-state index in [1.54, 1.807) is 47.3 Å². The van der Waals surface area contributed by atoms with Crippen LogP contribution in [0.3, 0.4) is 0 Å². The first-order valence-electron chi connectivity index (χ1n) is 7.52. The molecule has 0 radical (unpaired) electrons. The Morgan fingerprint density at radius 3 is 2.63 bits per heavy atom. The van der Waals surface area contributed by atoms with Crippen LogP contribution < -0.4 is 15.1 Å². The normalized spacial score (nSPS) is 10.4. The molecule has 0 bridgehead atoms. The molecule has 0 atom stereocenters. The number of nitrogens with two attached hydrogens (primary N) is 1. The van der Waals surface area contributed by atoms with E-state index in [0.29, 0.717) is 29.5 Å². The van der Waals surface area contributed by atoms with Crippen molar-refractivity contribution in [2.75, 3.05) is 10.9 Å². The Labute approximate surface area is 163 Å². The molecule has 0 fully saturated rings. The zero-order valence-electron chi connectivity index (χ0n) is 13.8. The predicted octanol–water partition coefficient (Wildman–Crippen LogP) is 2.93. The fourth-order valence-corrected chi connectivity index (χ4v) is 3.29. The van der Waals surface area contributed by atoms with Crippen molar-refractivity contribution in [3.8, 4) is 11.8 Å². The summed E-state index contributed by atoms with van der Waals surface area (Å²) in [6, 6.07) is 16.9. The van der Waals surface area contributed by atoms with Gasteiger partial charge in [0.05, 0.1) is 23.2 Å². The molecule has 0 saturated heterocycles. The highest BCUT2D eigenvalue weighted by molar-refractivity contribution is 7.99. The second kappa shape index (κ2) is 9.81. The van der Waals surface area contributed by atoms with Gasteiger partial charge < -0.3 is 4.18 Å². The van der Waals surface area contributed by atoms with Crippen molar-refractivity contribution in [1.29, 1.82) is 5.26 Å². The molecule has 3 rings (SSSR count). The molecule has 138 valence electrons. The van der Waals surface area contributed by atoms with E-state index in [0.717, 1.165) is 10.6 Å². The lowest BCUT2D eigenvalue weighted by Gasteiger charge is -2.24. The Bertz CT molecular complexity index is 886. The highest BCUT2D eigenvalue weighted by Crippen LogP contribution is 2.27. The van der Waals surface area contributed by atoms with Gasteiger partial charge in [-0.25, -0.2) is 4.68 Å². The minimum absolute atomic E-state index is 0.572. The van der Waals surface area contributed by atoms with Gasteiger partial charge in [-0.2, -0.15) is 11.2 Å². The van der Waals surface area contributed by atoms with Crippen molar-refractivity contribution >= 4 is 29.8 Å². The van der Waals surface area contributed by atoms with E-state index in [2.05, 4.69) is 25.6 Å². The Balaban J connectivity index is 1.72. The second-order valence-corrected chi connectivity index (χ2v) is 6.42. The fourth-order valence-electron chi connectivity index (χ4n) is 2.12. The smallest absolute Gasteiger partial charge is 0.260 e. The summed E-state index contributed by atoms with van der Waals surface area (Å²) in [6.45, 7) is 0. The summed E-state index contributed by atoms with van der Waals surface area (Å²) in [5.74, 6) is 5.93. The van der Waals surface area contributed by atoms with Gasteiger partial charge in [-0.15, -0.1) is 31.3 Å². The summed E-state index contributed by atoms with van der Waals surface area (Å²) >= 11 is 2.21. The van der Waals surface area contributed by atoms with Crippen LogP contribution in [0, 0.1) is 11.3 Å². The van der Waals surface area contributed by atoms with Crippen LogP contribution in [-0.4, -0.2) is 20.8 Å². The average molecular weight is 402 g/mol. The molecule has 2 aromatic carbocycles. The summed E-state index contributed by atoms with van der Waals surface area (Å²) < 4.78 is 11.5. The van der Waals surface area contributed by atoms with E-state index >= 15 is 0 Å². The Morgan fingerprint density at radius 1 is 1.15 bits per heavy atom. The number of anilines is 1. The van der Waals surface area contributed by atoms with Gasteiger partial charge in [0.2, 0.25) is 0 Å². The third-order valence-corrected chi connectivity index (χ3v) is 4.69. The van der Waals surface area contributed by atoms with E-state index in [1.807, 2.05) is 35.3 Å². The van der Waals surface area contributed by atoms with Gasteiger partial charge in [-0.1, -0.05) is 6.07 Å². The zero-order chi connectivity index (χ0) is 18.9. The van der Waals surface area contributed by atoms with Crippen molar-refractivity contribution < 1.29 is 13.5 Å². The molecular formula is C16H14N6O3S2. The van der Waals surface area contributed by atoms with Crippen molar-refractivity contribution in [3.05, 3.63) is 66.7 Å². The number of hydrogen-bond acceptors (Lipinski definition) is 10. The summed E-state index contributed by atoms with van der Waals surface area (Å²) in [5, 5.41) is 18.7. The number of aromatic nitrogens is 3. The molecule has 0 aliphatic heterocycles. The summed E-state index contributed by atoms with van der Waals surface area (Å²) in [4.78, 5) is 4.95. The highest BCUT2D eigenvalue weighted by Gasteiger charge is 2.10. The SMILES string of the molecule is N#Cc1ccc(N(CSc2cccc(OSOON)c2)n2cnnc2)cc1. The molecule has 3 aromatic rings. The van der Waals surface area contributed by atoms with Crippen LogP contribution in [0.5, 0.6) is 5.75 Å². The zero-order valence-corrected chi connectivity index (χ0v) is 15.5. The third-order valence-electron chi connectivity index (χ3n) is 3.34. The van der Waals surface area contributed by atoms with E-state index in [-0.39, 0.29) is 0 Å². The molecule has 11 heteroatoms. The van der Waals surface area contributed by atoms with Crippen LogP contribution in [0.1, 0.15) is 5.56 Å². The van der Waals surface area contributed by atoms with Crippen LogP contribution in [0.2, 0.25) is 0 Å². The van der Waals surface area contributed by atoms with Crippen LogP contribution in [0.15, 0.2) is 66.1 Å². The number of nitrogens with zero attached hydrogens (tertiary/aromatic N) is 5. The quantitative estimate of drug-likeness (QED) is 0.143. The maximum Gasteiger partial charge on any atom is 0.260 e. The van der Waals surface area contributed by atoms with Crippen LogP contribution in [0.4, 0.5) is 5.69 Å². The van der Waals surface area contributed by atoms with Crippen molar-refractivity contribution in [3.63, 3.8) is 0 Å². The molecule has 0 spiro atoms. The lowest BCUT2D eigenvalue weighted by atomic mass is 10.2. The molecule has 1 heterocycles. The first-order chi connectivity index (χ1) is 13.3. The predicted molar refractivity (Wildman–Crippen MR) is 101 cm³/mol. The maximum absolute atomic E-state index is 8.98. The Kier molecular flexibility index (Phi) is 6.91. The number of benzene rings is 2. The molecule has 1 aromatic heterocycles. The van der Waals surface area contributed by atoms with Crippen molar-refractivity contribution in [1.82, 2.24) is 14.9 Å². The van der Waals surface area contributed by atoms with Gasteiger partial charge in [-0.05, 0) is 42.5 Å². The first-order valence-corrected chi connectivity index (χ1v) is 9.17. The van der Waals surface area contributed by atoms with Crippen LogP contribution in [0.25, 0.3) is 0 Å². The molecule has 0 aliphatic rings. The lowest BCUT2D eigenvalue weighted by molar-refractivity contribution is -0.199. The third kappa shape index (κ3) is 5.36. The molecule has 0 aliphatic carbocycles. The van der Waals surface area contributed by atoms with Gasteiger partial charge in [0.25, 0.3) is 12.3 Å². The van der Waals surface area contributed by atoms with Gasteiger partial charge in [-0.3, -0.25) is 5.01 Å². The number of thioether (sulfide) groups is 1. The fraction of sp³-hybridized carbons (Fsp3) is 0.0625. The molecule has 0 unspecified atom stereocenters. The van der Waals surface area contributed by atoms with Crippen LogP contribution in [-0.2, 0) is 9.32 Å². The number of nitriles is 1. The van der Waals surface area contributed by atoms with Gasteiger partial charge in [0.15, 0.2) is 0 Å². The topological polar surface area (TPSA) is 111 Å². The molecule has 0 amide bonds. The van der Waals surface area contributed by atoms with E-state index < -0.39 is 0 Å². The second-order valence-electron chi connectivity index (χ2n) is 4.96.